The van der Waals surface area contributed by atoms with E-state index in [1.807, 2.05) is 18.0 Å². The number of nitrogens with zero attached hydrogens (tertiary/aromatic N) is 3. The number of nitrogens with one attached hydrogen (secondary N) is 1. The maximum Gasteiger partial charge on any atom is 0.133 e. The summed E-state index contributed by atoms with van der Waals surface area (Å²) in [7, 11) is 1.99. The fourth-order valence-electron chi connectivity index (χ4n) is 2.22. The minimum absolute atomic E-state index is 0.581. The molecular weight excluding hydrogens is 214 g/mol. The van der Waals surface area contributed by atoms with Crippen LogP contribution in [-0.2, 0) is 0 Å². The Bertz CT molecular complexity index is 349. The smallest absolute Gasteiger partial charge is 0.133 e. The third-order valence-electron chi connectivity index (χ3n) is 3.22. The van der Waals surface area contributed by atoms with Gasteiger partial charge in [0.25, 0.3) is 0 Å². The number of anilines is 2. The number of aromatic nitrogens is 2. The van der Waals surface area contributed by atoms with E-state index in [2.05, 4.69) is 15.3 Å². The molecule has 3 N–H and O–H groups in total. The fourth-order valence-corrected chi connectivity index (χ4v) is 2.22. The molecule has 1 saturated carbocycles. The molecule has 17 heavy (non-hydrogen) atoms. The van der Waals surface area contributed by atoms with Crippen LogP contribution in [0.25, 0.3) is 0 Å². The van der Waals surface area contributed by atoms with Crippen molar-refractivity contribution < 1.29 is 0 Å². The second kappa shape index (κ2) is 5.82. The Morgan fingerprint density at radius 3 is 2.88 bits per heavy atom. The van der Waals surface area contributed by atoms with E-state index in [1.54, 1.807) is 6.33 Å². The van der Waals surface area contributed by atoms with Gasteiger partial charge < -0.3 is 16.0 Å². The topological polar surface area (TPSA) is 67.1 Å². The van der Waals surface area contributed by atoms with Crippen molar-refractivity contribution in [3.63, 3.8) is 0 Å². The maximum atomic E-state index is 5.54. The maximum absolute atomic E-state index is 5.54. The minimum atomic E-state index is 0.581. The van der Waals surface area contributed by atoms with Crippen molar-refractivity contribution in [1.29, 1.82) is 0 Å². The number of rotatable bonds is 5. The molecule has 1 aromatic rings. The SMILES string of the molecule is CN(CCN)c1cc(NC2CCCC2)ncn1. The van der Waals surface area contributed by atoms with Crippen LogP contribution in [0.5, 0.6) is 0 Å². The number of likely N-dealkylation sites (N-methyl/N-ethyl adjacent to an activating group) is 1. The van der Waals surface area contributed by atoms with Gasteiger partial charge in [-0.25, -0.2) is 9.97 Å². The zero-order valence-corrected chi connectivity index (χ0v) is 10.4. The van der Waals surface area contributed by atoms with Crippen molar-refractivity contribution in [2.75, 3.05) is 30.4 Å². The quantitative estimate of drug-likeness (QED) is 0.803. The monoisotopic (exact) mass is 235 g/mol. The van der Waals surface area contributed by atoms with Crippen LogP contribution < -0.4 is 16.0 Å². The lowest BCUT2D eigenvalue weighted by atomic mass is 10.2. The van der Waals surface area contributed by atoms with E-state index in [1.165, 1.54) is 25.7 Å². The van der Waals surface area contributed by atoms with Gasteiger partial charge in [0.05, 0.1) is 0 Å². The Hall–Kier alpha value is -1.36. The standard InChI is InChI=1S/C12H21N5/c1-17(7-6-13)12-8-11(14-9-15-12)16-10-4-2-3-5-10/h8-10H,2-7,13H2,1H3,(H,14,15,16). The first kappa shape index (κ1) is 12.1. The molecule has 5 heteroatoms. The van der Waals surface area contributed by atoms with Crippen molar-refractivity contribution in [2.24, 2.45) is 5.73 Å². The number of hydrogen-bond acceptors (Lipinski definition) is 5. The van der Waals surface area contributed by atoms with Crippen LogP contribution >= 0.6 is 0 Å². The van der Waals surface area contributed by atoms with Crippen molar-refractivity contribution >= 4 is 11.6 Å². The molecule has 1 aliphatic carbocycles. The molecule has 1 aliphatic rings. The van der Waals surface area contributed by atoms with Gasteiger partial charge in [-0.15, -0.1) is 0 Å². The molecule has 0 aliphatic heterocycles. The molecule has 2 rings (SSSR count). The Kier molecular flexibility index (Phi) is 4.14. The van der Waals surface area contributed by atoms with E-state index in [4.69, 9.17) is 5.73 Å². The summed E-state index contributed by atoms with van der Waals surface area (Å²) >= 11 is 0. The van der Waals surface area contributed by atoms with Crippen molar-refractivity contribution in [1.82, 2.24) is 9.97 Å². The summed E-state index contributed by atoms with van der Waals surface area (Å²) in [5.74, 6) is 1.84. The van der Waals surface area contributed by atoms with E-state index in [0.717, 1.165) is 18.2 Å². The summed E-state index contributed by atoms with van der Waals surface area (Å²) in [6.07, 6.45) is 6.75. The number of nitrogens with two attached hydrogens (primary N) is 1. The summed E-state index contributed by atoms with van der Waals surface area (Å²) in [6, 6.07) is 2.58. The lowest BCUT2D eigenvalue weighted by Crippen LogP contribution is -2.26. The summed E-state index contributed by atoms with van der Waals surface area (Å²) < 4.78 is 0. The molecule has 0 atom stereocenters. The molecular formula is C12H21N5. The molecule has 0 aromatic carbocycles. The summed E-state index contributed by atoms with van der Waals surface area (Å²) in [6.45, 7) is 1.44. The Morgan fingerprint density at radius 2 is 2.18 bits per heavy atom. The third kappa shape index (κ3) is 3.30. The van der Waals surface area contributed by atoms with Gasteiger partial charge in [-0.2, -0.15) is 0 Å². The molecule has 0 saturated heterocycles. The van der Waals surface area contributed by atoms with Crippen LogP contribution in [-0.4, -0.2) is 36.1 Å². The van der Waals surface area contributed by atoms with Crippen molar-refractivity contribution in [3.8, 4) is 0 Å². The predicted octanol–water partition coefficient (Wildman–Crippen LogP) is 1.23. The number of hydrogen-bond donors (Lipinski definition) is 2. The molecule has 1 heterocycles. The van der Waals surface area contributed by atoms with Crippen LogP contribution in [0.4, 0.5) is 11.6 Å². The molecule has 0 unspecified atom stereocenters. The van der Waals surface area contributed by atoms with Crippen LogP contribution in [0.2, 0.25) is 0 Å². The minimum Gasteiger partial charge on any atom is -0.367 e. The molecule has 1 fully saturated rings. The zero-order chi connectivity index (χ0) is 12.1. The summed E-state index contributed by atoms with van der Waals surface area (Å²) in [5, 5.41) is 3.47. The van der Waals surface area contributed by atoms with E-state index < -0.39 is 0 Å². The lowest BCUT2D eigenvalue weighted by Gasteiger charge is -2.18. The Morgan fingerprint density at radius 1 is 1.41 bits per heavy atom. The largest absolute Gasteiger partial charge is 0.367 e. The molecule has 94 valence electrons. The first-order valence-corrected chi connectivity index (χ1v) is 6.29. The van der Waals surface area contributed by atoms with Gasteiger partial charge >= 0.3 is 0 Å². The second-order valence-corrected chi connectivity index (χ2v) is 4.60. The van der Waals surface area contributed by atoms with Gasteiger partial charge in [0.15, 0.2) is 0 Å². The first-order chi connectivity index (χ1) is 8.29. The average molecular weight is 235 g/mol. The normalized spacial score (nSPS) is 16.1. The Labute approximate surface area is 102 Å². The summed E-state index contributed by atoms with van der Waals surface area (Å²) in [4.78, 5) is 10.6. The fraction of sp³-hybridized carbons (Fsp3) is 0.667. The second-order valence-electron chi connectivity index (χ2n) is 4.60. The van der Waals surface area contributed by atoms with E-state index in [9.17, 15) is 0 Å². The van der Waals surface area contributed by atoms with Crippen LogP contribution in [0.15, 0.2) is 12.4 Å². The van der Waals surface area contributed by atoms with Gasteiger partial charge in [0.1, 0.15) is 18.0 Å². The van der Waals surface area contributed by atoms with Crippen molar-refractivity contribution in [2.45, 2.75) is 31.7 Å². The highest BCUT2D eigenvalue weighted by Crippen LogP contribution is 2.22. The van der Waals surface area contributed by atoms with E-state index >= 15 is 0 Å². The van der Waals surface area contributed by atoms with Gasteiger partial charge in [0.2, 0.25) is 0 Å². The molecule has 0 bridgehead atoms. The van der Waals surface area contributed by atoms with Gasteiger partial charge in [0, 0.05) is 32.2 Å². The van der Waals surface area contributed by atoms with Crippen LogP contribution in [0.1, 0.15) is 25.7 Å². The van der Waals surface area contributed by atoms with Crippen molar-refractivity contribution in [3.05, 3.63) is 12.4 Å². The van der Waals surface area contributed by atoms with Gasteiger partial charge in [-0.05, 0) is 12.8 Å². The molecule has 5 nitrogen and oxygen atoms in total. The first-order valence-electron chi connectivity index (χ1n) is 6.29. The highest BCUT2D eigenvalue weighted by molar-refractivity contribution is 5.48. The van der Waals surface area contributed by atoms with Crippen LogP contribution in [0.3, 0.4) is 0 Å². The third-order valence-corrected chi connectivity index (χ3v) is 3.22. The zero-order valence-electron chi connectivity index (χ0n) is 10.4. The highest BCUT2D eigenvalue weighted by atomic mass is 15.2. The molecule has 0 amide bonds. The molecule has 0 spiro atoms. The summed E-state index contributed by atoms with van der Waals surface area (Å²) in [5.41, 5.74) is 5.54. The van der Waals surface area contributed by atoms with Gasteiger partial charge in [-0.3, -0.25) is 0 Å². The Balaban J connectivity index is 2.00. The van der Waals surface area contributed by atoms with Crippen LogP contribution in [0, 0.1) is 0 Å². The average Bonchev–Trinajstić information content (AvgIpc) is 2.82. The van der Waals surface area contributed by atoms with E-state index in [0.29, 0.717) is 12.6 Å². The molecule has 1 aromatic heterocycles. The molecule has 0 radical (unpaired) electrons. The van der Waals surface area contributed by atoms with E-state index in [-0.39, 0.29) is 0 Å². The highest BCUT2D eigenvalue weighted by Gasteiger charge is 2.15. The lowest BCUT2D eigenvalue weighted by molar-refractivity contribution is 0.749. The predicted molar refractivity (Wildman–Crippen MR) is 70.2 cm³/mol. The van der Waals surface area contributed by atoms with Gasteiger partial charge in [-0.1, -0.05) is 12.8 Å².